The summed E-state index contributed by atoms with van der Waals surface area (Å²) in [6, 6.07) is 0. The highest BCUT2D eigenvalue weighted by Gasteiger charge is 2.25. The van der Waals surface area contributed by atoms with Gasteiger partial charge >= 0.3 is 0 Å². The minimum Gasteiger partial charge on any atom is -0.0850 e. The van der Waals surface area contributed by atoms with Crippen molar-refractivity contribution < 1.29 is 0 Å². The van der Waals surface area contributed by atoms with Crippen LogP contribution in [0.5, 0.6) is 0 Å². The van der Waals surface area contributed by atoms with Gasteiger partial charge in [-0.25, -0.2) is 0 Å². The molecule has 0 aliphatic heterocycles. The zero-order valence-electron chi connectivity index (χ0n) is 10.5. The molecule has 0 saturated carbocycles. The molecule has 0 heterocycles. The largest absolute Gasteiger partial charge is 0.0850 e. The minimum absolute atomic E-state index is 0.462. The Bertz CT molecular complexity index is 291. The van der Waals surface area contributed by atoms with Crippen LogP contribution >= 0.6 is 0 Å². The number of allylic oxidation sites excluding steroid dienone is 4. The van der Waals surface area contributed by atoms with E-state index in [1.54, 1.807) is 11.1 Å². The van der Waals surface area contributed by atoms with Crippen LogP contribution in [0.15, 0.2) is 23.3 Å². The topological polar surface area (TPSA) is 0 Å². The molecule has 0 N–H and O–H groups in total. The molecule has 0 aromatic heterocycles. The fourth-order valence-corrected chi connectivity index (χ4v) is 3.02. The summed E-state index contributed by atoms with van der Waals surface area (Å²) in [5.74, 6) is 0.869. The van der Waals surface area contributed by atoms with E-state index in [-0.39, 0.29) is 0 Å². The van der Waals surface area contributed by atoms with Gasteiger partial charge < -0.3 is 0 Å². The van der Waals surface area contributed by atoms with Crippen LogP contribution in [-0.4, -0.2) is 0 Å². The molecular formula is C15H24. The van der Waals surface area contributed by atoms with E-state index in [9.17, 15) is 0 Å². The van der Waals surface area contributed by atoms with Crippen LogP contribution < -0.4 is 0 Å². The number of hydrogen-bond donors (Lipinski definition) is 0. The SMILES string of the molecule is CC1=CC[C@@H](C2=CC(C)(C)CCC2)CC1. The molecule has 0 saturated heterocycles. The molecule has 0 aromatic carbocycles. The third kappa shape index (κ3) is 2.74. The highest BCUT2D eigenvalue weighted by molar-refractivity contribution is 5.18. The van der Waals surface area contributed by atoms with Crippen molar-refractivity contribution in [3.63, 3.8) is 0 Å². The Balaban J connectivity index is 2.08. The van der Waals surface area contributed by atoms with E-state index in [0.29, 0.717) is 5.41 Å². The lowest BCUT2D eigenvalue weighted by Crippen LogP contribution is -2.18. The average Bonchev–Trinajstić information content (AvgIpc) is 2.17. The maximum Gasteiger partial charge on any atom is -0.0165 e. The Labute approximate surface area is 94.5 Å². The summed E-state index contributed by atoms with van der Waals surface area (Å²) in [6.45, 7) is 7.04. The van der Waals surface area contributed by atoms with E-state index >= 15 is 0 Å². The molecule has 0 bridgehead atoms. The van der Waals surface area contributed by atoms with E-state index in [0.717, 1.165) is 5.92 Å². The van der Waals surface area contributed by atoms with Gasteiger partial charge in [-0.1, -0.05) is 37.1 Å². The van der Waals surface area contributed by atoms with Crippen molar-refractivity contribution in [2.45, 2.75) is 59.3 Å². The van der Waals surface area contributed by atoms with E-state index < -0.39 is 0 Å². The van der Waals surface area contributed by atoms with E-state index in [2.05, 4.69) is 32.9 Å². The summed E-state index contributed by atoms with van der Waals surface area (Å²) in [5, 5.41) is 0. The van der Waals surface area contributed by atoms with Crippen molar-refractivity contribution in [2.75, 3.05) is 0 Å². The van der Waals surface area contributed by atoms with Gasteiger partial charge in [-0.3, -0.25) is 0 Å². The molecule has 84 valence electrons. The van der Waals surface area contributed by atoms with Gasteiger partial charge in [0.25, 0.3) is 0 Å². The first-order chi connectivity index (χ1) is 7.07. The Morgan fingerprint density at radius 2 is 2.07 bits per heavy atom. The standard InChI is InChI=1S/C15H24/c1-12-6-8-13(9-7-12)14-5-4-10-15(2,3)11-14/h6,11,13H,4-5,7-10H2,1-3H3/t13-/m1/s1. The fraction of sp³-hybridized carbons (Fsp3) is 0.733. The zero-order valence-corrected chi connectivity index (χ0v) is 10.5. The smallest absolute Gasteiger partial charge is 0.0165 e. The monoisotopic (exact) mass is 204 g/mol. The Morgan fingerprint density at radius 1 is 1.27 bits per heavy atom. The summed E-state index contributed by atoms with van der Waals surface area (Å²) in [4.78, 5) is 0. The number of rotatable bonds is 1. The quantitative estimate of drug-likeness (QED) is 0.535. The first-order valence-corrected chi connectivity index (χ1v) is 6.44. The predicted octanol–water partition coefficient (Wildman–Crippen LogP) is 4.87. The van der Waals surface area contributed by atoms with Crippen molar-refractivity contribution in [1.29, 1.82) is 0 Å². The molecule has 2 aliphatic carbocycles. The van der Waals surface area contributed by atoms with Crippen LogP contribution in [-0.2, 0) is 0 Å². The van der Waals surface area contributed by atoms with Crippen LogP contribution in [0.25, 0.3) is 0 Å². The highest BCUT2D eigenvalue weighted by atomic mass is 14.3. The second-order valence-electron chi connectivity index (χ2n) is 6.08. The molecule has 2 aliphatic rings. The van der Waals surface area contributed by atoms with Crippen molar-refractivity contribution in [1.82, 2.24) is 0 Å². The van der Waals surface area contributed by atoms with Crippen molar-refractivity contribution in [3.05, 3.63) is 23.3 Å². The molecule has 0 aromatic rings. The van der Waals surface area contributed by atoms with Crippen molar-refractivity contribution in [2.24, 2.45) is 11.3 Å². The molecule has 0 spiro atoms. The molecule has 15 heavy (non-hydrogen) atoms. The lowest BCUT2D eigenvalue weighted by Gasteiger charge is -2.32. The number of hydrogen-bond acceptors (Lipinski definition) is 0. The van der Waals surface area contributed by atoms with E-state index in [1.807, 2.05) is 0 Å². The van der Waals surface area contributed by atoms with Crippen molar-refractivity contribution >= 4 is 0 Å². The molecule has 2 rings (SSSR count). The lowest BCUT2D eigenvalue weighted by molar-refractivity contribution is 0.373. The van der Waals surface area contributed by atoms with Crippen LogP contribution in [0.2, 0.25) is 0 Å². The van der Waals surface area contributed by atoms with E-state index in [1.165, 1.54) is 38.5 Å². The van der Waals surface area contributed by atoms with Crippen LogP contribution in [0.4, 0.5) is 0 Å². The maximum atomic E-state index is 2.58. The second kappa shape index (κ2) is 4.15. The molecule has 0 unspecified atom stereocenters. The summed E-state index contributed by atoms with van der Waals surface area (Å²) < 4.78 is 0. The maximum absolute atomic E-state index is 2.58. The third-order valence-electron chi connectivity index (χ3n) is 4.03. The van der Waals surface area contributed by atoms with Crippen molar-refractivity contribution in [3.8, 4) is 0 Å². The first kappa shape index (κ1) is 11.0. The van der Waals surface area contributed by atoms with Gasteiger partial charge in [0.1, 0.15) is 0 Å². The zero-order chi connectivity index (χ0) is 10.9. The molecular weight excluding hydrogens is 180 g/mol. The third-order valence-corrected chi connectivity index (χ3v) is 4.03. The Hall–Kier alpha value is -0.520. The van der Waals surface area contributed by atoms with Crippen LogP contribution in [0.1, 0.15) is 59.3 Å². The molecule has 0 fully saturated rings. The highest BCUT2D eigenvalue weighted by Crippen LogP contribution is 2.39. The lowest BCUT2D eigenvalue weighted by atomic mass is 9.73. The normalized spacial score (nSPS) is 30.7. The molecule has 0 heteroatoms. The average molecular weight is 204 g/mol. The Morgan fingerprint density at radius 3 is 2.67 bits per heavy atom. The first-order valence-electron chi connectivity index (χ1n) is 6.44. The van der Waals surface area contributed by atoms with Gasteiger partial charge in [-0.15, -0.1) is 0 Å². The molecule has 0 radical (unpaired) electrons. The fourth-order valence-electron chi connectivity index (χ4n) is 3.02. The molecule has 0 amide bonds. The molecule has 0 nitrogen and oxygen atoms in total. The summed E-state index contributed by atoms with van der Waals surface area (Å²) in [5.41, 5.74) is 3.82. The van der Waals surface area contributed by atoms with Crippen LogP contribution in [0, 0.1) is 11.3 Å². The minimum atomic E-state index is 0.462. The van der Waals surface area contributed by atoms with E-state index in [4.69, 9.17) is 0 Å². The second-order valence-corrected chi connectivity index (χ2v) is 6.08. The van der Waals surface area contributed by atoms with Gasteiger partial charge in [-0.2, -0.15) is 0 Å². The van der Waals surface area contributed by atoms with Gasteiger partial charge in [0.2, 0.25) is 0 Å². The molecule has 1 atom stereocenters. The predicted molar refractivity (Wildman–Crippen MR) is 66.8 cm³/mol. The van der Waals surface area contributed by atoms with Gasteiger partial charge in [-0.05, 0) is 56.8 Å². The van der Waals surface area contributed by atoms with Crippen LogP contribution in [0.3, 0.4) is 0 Å². The Kier molecular flexibility index (Phi) is 3.04. The summed E-state index contributed by atoms with van der Waals surface area (Å²) in [7, 11) is 0. The van der Waals surface area contributed by atoms with Gasteiger partial charge in [0, 0.05) is 0 Å². The van der Waals surface area contributed by atoms with Gasteiger partial charge in [0.15, 0.2) is 0 Å². The summed E-state index contributed by atoms with van der Waals surface area (Å²) >= 11 is 0. The summed E-state index contributed by atoms with van der Waals surface area (Å²) in [6.07, 6.45) is 13.2. The van der Waals surface area contributed by atoms with Gasteiger partial charge in [0.05, 0.1) is 0 Å².